The first-order valence-electron chi connectivity index (χ1n) is 11.5. The minimum Gasteiger partial charge on any atom is -0.457 e. The van der Waals surface area contributed by atoms with Crippen molar-refractivity contribution in [3.05, 3.63) is 77.6 Å². The second-order valence-electron chi connectivity index (χ2n) is 8.77. The van der Waals surface area contributed by atoms with Crippen molar-refractivity contribution in [1.82, 2.24) is 20.5 Å². The first kappa shape index (κ1) is 21.5. The molecule has 4 amide bonds. The molecule has 9 heteroatoms. The van der Waals surface area contributed by atoms with Crippen LogP contribution in [0.2, 0.25) is 0 Å². The number of rotatable bonds is 5. The summed E-state index contributed by atoms with van der Waals surface area (Å²) in [5.74, 6) is 0.374. The molecule has 0 bridgehead atoms. The van der Waals surface area contributed by atoms with E-state index in [0.717, 1.165) is 44.1 Å². The van der Waals surface area contributed by atoms with Crippen molar-refractivity contribution < 1.29 is 18.8 Å². The van der Waals surface area contributed by atoms with Crippen molar-refractivity contribution >= 4 is 39.4 Å². The number of urea groups is 1. The van der Waals surface area contributed by atoms with Crippen LogP contribution in [0.3, 0.4) is 0 Å². The molecular formula is C26H22N4O4S. The van der Waals surface area contributed by atoms with Gasteiger partial charge in [-0.05, 0) is 54.7 Å². The van der Waals surface area contributed by atoms with Crippen LogP contribution in [0.5, 0.6) is 0 Å². The van der Waals surface area contributed by atoms with Crippen LogP contribution in [0, 0.1) is 0 Å². The number of thiazole rings is 1. The maximum atomic E-state index is 13.3. The standard InChI is InChI=1S/C26H22N4O4S/c31-22(27-14-17-11-12-20(34-17)23-28-19-9-3-4-10-21(19)35-23)15-30-24(32)26(29-25(30)33)13-5-7-16-6-1-2-8-18(16)26/h1-4,6,8-12H,5,7,13-15H2,(H,27,31)(H,29,33). The van der Waals surface area contributed by atoms with Crippen LogP contribution >= 0.6 is 11.3 Å². The van der Waals surface area contributed by atoms with Gasteiger partial charge in [0.05, 0.1) is 16.8 Å². The van der Waals surface area contributed by atoms with Crippen molar-refractivity contribution in [3.63, 3.8) is 0 Å². The molecular weight excluding hydrogens is 464 g/mol. The Morgan fingerprint density at radius 1 is 1.11 bits per heavy atom. The topological polar surface area (TPSA) is 105 Å². The smallest absolute Gasteiger partial charge is 0.325 e. The van der Waals surface area contributed by atoms with E-state index in [-0.39, 0.29) is 19.0 Å². The van der Waals surface area contributed by atoms with Gasteiger partial charge in [-0.1, -0.05) is 36.4 Å². The predicted octanol–water partition coefficient (Wildman–Crippen LogP) is 3.96. The number of aromatic nitrogens is 1. The third-order valence-corrected chi connectivity index (χ3v) is 7.63. The molecule has 1 fully saturated rings. The van der Waals surface area contributed by atoms with E-state index in [1.54, 1.807) is 6.07 Å². The summed E-state index contributed by atoms with van der Waals surface area (Å²) < 4.78 is 6.93. The summed E-state index contributed by atoms with van der Waals surface area (Å²) in [7, 11) is 0. The Morgan fingerprint density at radius 3 is 2.83 bits per heavy atom. The van der Waals surface area contributed by atoms with Gasteiger partial charge in [0.15, 0.2) is 10.8 Å². The molecule has 8 nitrogen and oxygen atoms in total. The first-order chi connectivity index (χ1) is 17.0. The fourth-order valence-electron chi connectivity index (χ4n) is 4.91. The number of aryl methyl sites for hydroxylation is 1. The minimum atomic E-state index is -1.08. The number of nitrogens with one attached hydrogen (secondary N) is 2. The van der Waals surface area contributed by atoms with Crippen LogP contribution in [0.15, 0.2) is 65.1 Å². The Labute approximate surface area is 204 Å². The van der Waals surface area contributed by atoms with Gasteiger partial charge in [0.25, 0.3) is 5.91 Å². The third-order valence-electron chi connectivity index (χ3n) is 6.58. The summed E-state index contributed by atoms with van der Waals surface area (Å²) in [6.45, 7) is -0.207. The average Bonchev–Trinajstić information content (AvgIpc) is 3.57. The maximum Gasteiger partial charge on any atom is 0.325 e. The van der Waals surface area contributed by atoms with Crippen molar-refractivity contribution in [2.75, 3.05) is 6.54 Å². The lowest BCUT2D eigenvalue weighted by atomic mass is 9.76. The molecule has 1 spiro atoms. The van der Waals surface area contributed by atoms with Gasteiger partial charge >= 0.3 is 6.03 Å². The number of para-hydroxylation sites is 1. The van der Waals surface area contributed by atoms with Crippen LogP contribution in [0.4, 0.5) is 4.79 Å². The van der Waals surface area contributed by atoms with Gasteiger partial charge in [-0.15, -0.1) is 11.3 Å². The molecule has 1 aliphatic heterocycles. The zero-order valence-corrected chi connectivity index (χ0v) is 19.6. The molecule has 2 N–H and O–H groups in total. The number of hydrogen-bond donors (Lipinski definition) is 2. The molecule has 2 aliphatic rings. The normalized spacial score (nSPS) is 19.3. The van der Waals surface area contributed by atoms with E-state index in [0.29, 0.717) is 17.9 Å². The Morgan fingerprint density at radius 2 is 1.94 bits per heavy atom. The highest BCUT2D eigenvalue weighted by Gasteiger charge is 2.54. The molecule has 0 radical (unpaired) electrons. The number of hydrogen-bond acceptors (Lipinski definition) is 6. The van der Waals surface area contributed by atoms with Crippen molar-refractivity contribution in [1.29, 1.82) is 0 Å². The van der Waals surface area contributed by atoms with Crippen LogP contribution in [0.1, 0.15) is 29.7 Å². The molecule has 3 heterocycles. The largest absolute Gasteiger partial charge is 0.457 e. The number of furan rings is 1. The van der Waals surface area contributed by atoms with Gasteiger partial charge < -0.3 is 15.1 Å². The van der Waals surface area contributed by atoms with Crippen LogP contribution in [0.25, 0.3) is 21.0 Å². The van der Waals surface area contributed by atoms with Gasteiger partial charge in [-0.3, -0.25) is 14.5 Å². The Balaban J connectivity index is 1.12. The summed E-state index contributed by atoms with van der Waals surface area (Å²) in [5, 5.41) is 6.38. The molecule has 4 aromatic rings. The Kier molecular flexibility index (Phi) is 5.14. The van der Waals surface area contributed by atoms with E-state index in [1.807, 2.05) is 54.6 Å². The van der Waals surface area contributed by atoms with Crippen molar-refractivity contribution in [2.24, 2.45) is 0 Å². The van der Waals surface area contributed by atoms with Crippen molar-refractivity contribution in [3.8, 4) is 10.8 Å². The highest BCUT2D eigenvalue weighted by Crippen LogP contribution is 2.39. The number of fused-ring (bicyclic) bond motifs is 3. The van der Waals surface area contributed by atoms with E-state index >= 15 is 0 Å². The van der Waals surface area contributed by atoms with Gasteiger partial charge in [-0.25, -0.2) is 9.78 Å². The summed E-state index contributed by atoms with van der Waals surface area (Å²) in [5.41, 5.74) is 1.70. The minimum absolute atomic E-state index is 0.140. The lowest BCUT2D eigenvalue weighted by Crippen LogP contribution is -2.47. The summed E-state index contributed by atoms with van der Waals surface area (Å²) >= 11 is 1.53. The second-order valence-corrected chi connectivity index (χ2v) is 9.80. The number of benzene rings is 2. The molecule has 1 aliphatic carbocycles. The molecule has 176 valence electrons. The number of carbonyl (C=O) groups is 3. The molecule has 2 aromatic carbocycles. The van der Waals surface area contributed by atoms with Gasteiger partial charge in [0.1, 0.15) is 17.8 Å². The third kappa shape index (κ3) is 3.68. The Bertz CT molecular complexity index is 1440. The van der Waals surface area contributed by atoms with E-state index < -0.39 is 17.5 Å². The highest BCUT2D eigenvalue weighted by atomic mass is 32.1. The van der Waals surface area contributed by atoms with E-state index in [4.69, 9.17) is 4.42 Å². The van der Waals surface area contributed by atoms with Crippen LogP contribution in [-0.4, -0.2) is 34.3 Å². The number of nitrogens with zero attached hydrogens (tertiary/aromatic N) is 2. The monoisotopic (exact) mass is 486 g/mol. The predicted molar refractivity (Wildman–Crippen MR) is 130 cm³/mol. The average molecular weight is 487 g/mol. The van der Waals surface area contributed by atoms with Crippen molar-refractivity contribution in [2.45, 2.75) is 31.3 Å². The van der Waals surface area contributed by atoms with E-state index in [9.17, 15) is 14.4 Å². The number of carbonyl (C=O) groups excluding carboxylic acids is 3. The number of imide groups is 1. The quantitative estimate of drug-likeness (QED) is 0.416. The molecule has 1 saturated heterocycles. The zero-order valence-electron chi connectivity index (χ0n) is 18.7. The highest BCUT2D eigenvalue weighted by molar-refractivity contribution is 7.21. The van der Waals surface area contributed by atoms with Gasteiger partial charge in [0.2, 0.25) is 5.91 Å². The molecule has 1 unspecified atom stereocenters. The second kappa shape index (κ2) is 8.35. The fraction of sp³-hybridized carbons (Fsp3) is 0.231. The maximum absolute atomic E-state index is 13.3. The first-order valence-corrected chi connectivity index (χ1v) is 12.3. The van der Waals surface area contributed by atoms with Crippen LogP contribution < -0.4 is 10.6 Å². The molecule has 2 aromatic heterocycles. The number of amides is 4. The molecule has 0 saturated carbocycles. The Hall–Kier alpha value is -3.98. The molecule has 35 heavy (non-hydrogen) atoms. The fourth-order valence-corrected chi connectivity index (χ4v) is 5.83. The van der Waals surface area contributed by atoms with E-state index in [1.165, 1.54) is 11.3 Å². The molecule has 1 atom stereocenters. The van der Waals surface area contributed by atoms with Gasteiger partial charge in [-0.2, -0.15) is 0 Å². The SMILES string of the molecule is O=C(CN1C(=O)NC2(CCCc3ccccc32)C1=O)NCc1ccc(-c2nc3ccccc3s2)o1. The lowest BCUT2D eigenvalue weighted by Gasteiger charge is -2.33. The van der Waals surface area contributed by atoms with Crippen LogP contribution in [-0.2, 0) is 28.1 Å². The van der Waals surface area contributed by atoms with Gasteiger partial charge in [0, 0.05) is 0 Å². The molecule has 6 rings (SSSR count). The summed E-state index contributed by atoms with van der Waals surface area (Å²) in [6.07, 6.45) is 2.18. The summed E-state index contributed by atoms with van der Waals surface area (Å²) in [4.78, 5) is 44.3. The summed E-state index contributed by atoms with van der Waals surface area (Å²) in [6, 6.07) is 18.6. The van der Waals surface area contributed by atoms with E-state index in [2.05, 4.69) is 15.6 Å². The lowest BCUT2D eigenvalue weighted by molar-refractivity contribution is -0.135. The zero-order chi connectivity index (χ0) is 24.0.